The van der Waals surface area contributed by atoms with Crippen LogP contribution in [0.3, 0.4) is 0 Å². The van der Waals surface area contributed by atoms with Gasteiger partial charge < -0.3 is 16.0 Å². The topological polar surface area (TPSA) is 117 Å². The molecule has 2 heterocycles. The van der Waals surface area contributed by atoms with Gasteiger partial charge in [-0.25, -0.2) is 8.91 Å². The minimum atomic E-state index is -0.805. The maximum Gasteiger partial charge on any atom is 0.313 e. The molecule has 0 fully saturated rings. The normalized spacial score (nSPS) is 10.7. The van der Waals surface area contributed by atoms with Crippen molar-refractivity contribution < 1.29 is 18.8 Å². The summed E-state index contributed by atoms with van der Waals surface area (Å²) in [4.78, 5) is 40.3. The summed E-state index contributed by atoms with van der Waals surface area (Å²) in [7, 11) is 0. The first-order valence-electron chi connectivity index (χ1n) is 9.95. The number of nitrogens with one attached hydrogen (secondary N) is 3. The lowest BCUT2D eigenvalue weighted by Crippen LogP contribution is -2.36. The second kappa shape index (κ2) is 9.57. The van der Waals surface area contributed by atoms with E-state index < -0.39 is 17.6 Å². The van der Waals surface area contributed by atoms with Crippen LogP contribution in [-0.4, -0.2) is 38.9 Å². The molecule has 168 valence electrons. The highest BCUT2D eigenvalue weighted by molar-refractivity contribution is 7.15. The number of fused-ring (bicyclic) bond motifs is 1. The Morgan fingerprint density at radius 1 is 1.00 bits per heavy atom. The van der Waals surface area contributed by atoms with E-state index in [1.54, 1.807) is 47.0 Å². The number of anilines is 2. The van der Waals surface area contributed by atoms with Crippen LogP contribution in [0.25, 0.3) is 16.3 Å². The predicted molar refractivity (Wildman–Crippen MR) is 122 cm³/mol. The summed E-state index contributed by atoms with van der Waals surface area (Å²) in [6.07, 6.45) is 0.407. The Morgan fingerprint density at radius 3 is 2.39 bits per heavy atom. The first kappa shape index (κ1) is 22.1. The van der Waals surface area contributed by atoms with Crippen molar-refractivity contribution in [3.8, 4) is 11.4 Å². The molecule has 9 nitrogen and oxygen atoms in total. The lowest BCUT2D eigenvalue weighted by molar-refractivity contribution is -0.136. The molecule has 0 saturated heterocycles. The molecule has 0 spiro atoms. The molecule has 3 N–H and O–H groups in total. The summed E-state index contributed by atoms with van der Waals surface area (Å²) in [5.41, 5.74) is 2.10. The van der Waals surface area contributed by atoms with Crippen LogP contribution in [0.2, 0.25) is 0 Å². The molecule has 0 bridgehead atoms. The van der Waals surface area contributed by atoms with E-state index in [2.05, 4.69) is 26.0 Å². The van der Waals surface area contributed by atoms with Gasteiger partial charge in [0.25, 0.3) is 0 Å². The Kier molecular flexibility index (Phi) is 6.41. The summed E-state index contributed by atoms with van der Waals surface area (Å²) >= 11 is 1.36. The van der Waals surface area contributed by atoms with E-state index in [-0.39, 0.29) is 18.3 Å². The number of benzene rings is 2. The molecule has 4 rings (SSSR count). The quantitative estimate of drug-likeness (QED) is 0.378. The number of carbonyl (C=O) groups is 3. The largest absolute Gasteiger partial charge is 0.347 e. The van der Waals surface area contributed by atoms with Crippen LogP contribution in [0.5, 0.6) is 0 Å². The van der Waals surface area contributed by atoms with Gasteiger partial charge in [0.2, 0.25) is 10.9 Å². The van der Waals surface area contributed by atoms with Crippen LogP contribution in [0.1, 0.15) is 12.6 Å². The van der Waals surface area contributed by atoms with Crippen molar-refractivity contribution in [3.05, 3.63) is 65.4 Å². The van der Waals surface area contributed by atoms with Crippen molar-refractivity contribution in [2.75, 3.05) is 17.2 Å². The maximum atomic E-state index is 14.0. The minimum absolute atomic E-state index is 0.203. The average Bonchev–Trinajstić information content (AvgIpc) is 3.36. The molecule has 3 amide bonds. The third-order valence-corrected chi connectivity index (χ3v) is 5.47. The van der Waals surface area contributed by atoms with Gasteiger partial charge in [-0.05, 0) is 36.4 Å². The van der Waals surface area contributed by atoms with E-state index in [4.69, 9.17) is 0 Å². The summed E-state index contributed by atoms with van der Waals surface area (Å²) < 4.78 is 15.6. The predicted octanol–water partition coefficient (Wildman–Crippen LogP) is 2.85. The zero-order valence-corrected chi connectivity index (χ0v) is 18.3. The van der Waals surface area contributed by atoms with Crippen LogP contribution in [0, 0.1) is 5.82 Å². The van der Waals surface area contributed by atoms with Gasteiger partial charge in [0, 0.05) is 36.6 Å². The maximum absolute atomic E-state index is 14.0. The van der Waals surface area contributed by atoms with Gasteiger partial charge >= 0.3 is 11.8 Å². The highest BCUT2D eigenvalue weighted by atomic mass is 32.1. The number of amides is 3. The fourth-order valence-electron chi connectivity index (χ4n) is 3.07. The molecule has 0 aliphatic heterocycles. The first-order valence-corrected chi connectivity index (χ1v) is 10.8. The summed E-state index contributed by atoms with van der Waals surface area (Å²) in [6, 6.07) is 12.7. The van der Waals surface area contributed by atoms with E-state index >= 15 is 0 Å². The molecule has 33 heavy (non-hydrogen) atoms. The van der Waals surface area contributed by atoms with Crippen molar-refractivity contribution in [1.29, 1.82) is 0 Å². The molecule has 2 aromatic heterocycles. The highest BCUT2D eigenvalue weighted by Gasteiger charge is 2.16. The summed E-state index contributed by atoms with van der Waals surface area (Å²) in [6.45, 7) is 1.60. The second-order valence-electron chi connectivity index (χ2n) is 7.06. The Hall–Kier alpha value is -4.12. The number of carbonyl (C=O) groups excluding carboxylic acids is 3. The third-order valence-electron chi connectivity index (χ3n) is 4.60. The molecule has 0 atom stereocenters. The Morgan fingerprint density at radius 2 is 1.70 bits per heavy atom. The highest BCUT2D eigenvalue weighted by Crippen LogP contribution is 2.23. The van der Waals surface area contributed by atoms with Crippen LogP contribution < -0.4 is 16.0 Å². The molecule has 11 heteroatoms. The fraction of sp³-hybridized carbons (Fsp3) is 0.136. The molecule has 0 unspecified atom stereocenters. The number of aromatic nitrogens is 3. The van der Waals surface area contributed by atoms with E-state index in [9.17, 15) is 18.8 Å². The number of thiazole rings is 1. The number of hydrogen-bond donors (Lipinski definition) is 3. The van der Waals surface area contributed by atoms with Gasteiger partial charge in [0.1, 0.15) is 5.82 Å². The van der Waals surface area contributed by atoms with Crippen LogP contribution in [-0.2, 0) is 20.8 Å². The second-order valence-corrected chi connectivity index (χ2v) is 7.89. The monoisotopic (exact) mass is 466 g/mol. The SMILES string of the molecule is CC(=O)Nc1ccc(NC(=O)C(=O)NCCc2csc3nc(-c4ccccc4F)nn23)cc1. The van der Waals surface area contributed by atoms with E-state index in [0.29, 0.717) is 28.3 Å². The number of hydrogen-bond acceptors (Lipinski definition) is 6. The number of nitrogens with zero attached hydrogens (tertiary/aromatic N) is 3. The standard InChI is InChI=1S/C22H19FN6O3S/c1-13(30)25-14-6-8-15(9-7-14)26-21(32)20(31)24-11-10-16-12-33-22-27-19(28-29(16)22)17-4-2-3-5-18(17)23/h2-9,12H,10-11H2,1H3,(H,24,31)(H,25,30)(H,26,32). The smallest absolute Gasteiger partial charge is 0.313 e. The van der Waals surface area contributed by atoms with E-state index in [1.807, 2.05) is 5.38 Å². The van der Waals surface area contributed by atoms with Gasteiger partial charge in [-0.2, -0.15) is 4.98 Å². The zero-order valence-electron chi connectivity index (χ0n) is 17.5. The fourth-order valence-corrected chi connectivity index (χ4v) is 3.92. The van der Waals surface area contributed by atoms with Gasteiger partial charge in [-0.3, -0.25) is 14.4 Å². The van der Waals surface area contributed by atoms with Gasteiger partial charge in [0.15, 0.2) is 5.82 Å². The zero-order chi connectivity index (χ0) is 23.4. The van der Waals surface area contributed by atoms with E-state index in [1.165, 1.54) is 24.3 Å². The molecule has 0 aliphatic rings. The van der Waals surface area contributed by atoms with Crippen LogP contribution >= 0.6 is 11.3 Å². The summed E-state index contributed by atoms with van der Waals surface area (Å²) in [5, 5.41) is 13.9. The van der Waals surface area contributed by atoms with Crippen LogP contribution in [0.15, 0.2) is 53.9 Å². The van der Waals surface area contributed by atoms with Crippen molar-refractivity contribution >= 4 is 45.4 Å². The third kappa shape index (κ3) is 5.21. The lowest BCUT2D eigenvalue weighted by Gasteiger charge is -2.07. The average molecular weight is 466 g/mol. The Bertz CT molecular complexity index is 1330. The molecular weight excluding hydrogens is 447 g/mol. The minimum Gasteiger partial charge on any atom is -0.347 e. The molecule has 0 aliphatic carbocycles. The number of halogens is 1. The molecule has 2 aromatic carbocycles. The summed E-state index contributed by atoms with van der Waals surface area (Å²) in [5.74, 6) is -1.91. The van der Waals surface area contributed by atoms with Crippen molar-refractivity contribution in [3.63, 3.8) is 0 Å². The molecule has 0 saturated carbocycles. The van der Waals surface area contributed by atoms with Gasteiger partial charge in [0.05, 0.1) is 11.3 Å². The van der Waals surface area contributed by atoms with E-state index in [0.717, 1.165) is 5.69 Å². The first-order chi connectivity index (χ1) is 15.9. The molecule has 4 aromatic rings. The van der Waals surface area contributed by atoms with Gasteiger partial charge in [-0.1, -0.05) is 12.1 Å². The Balaban J connectivity index is 1.32. The molecule has 0 radical (unpaired) electrons. The lowest BCUT2D eigenvalue weighted by atomic mass is 10.2. The van der Waals surface area contributed by atoms with Gasteiger partial charge in [-0.15, -0.1) is 16.4 Å². The Labute approximate surface area is 191 Å². The van der Waals surface area contributed by atoms with Crippen molar-refractivity contribution in [1.82, 2.24) is 19.9 Å². The number of rotatable bonds is 6. The van der Waals surface area contributed by atoms with Crippen LogP contribution in [0.4, 0.5) is 15.8 Å². The molecular formula is C22H19FN6O3S. The van der Waals surface area contributed by atoms with Crippen molar-refractivity contribution in [2.24, 2.45) is 0 Å². The van der Waals surface area contributed by atoms with Crippen molar-refractivity contribution in [2.45, 2.75) is 13.3 Å².